The van der Waals surface area contributed by atoms with Crippen molar-refractivity contribution in [2.45, 2.75) is 19.3 Å². The van der Waals surface area contributed by atoms with Crippen LogP contribution in [0.5, 0.6) is 0 Å². The molecule has 1 aromatic heterocycles. The van der Waals surface area contributed by atoms with Crippen LogP contribution in [-0.4, -0.2) is 31.2 Å². The Bertz CT molecular complexity index is 907. The molecular formula is C22H24N2O2. The van der Waals surface area contributed by atoms with Crippen LogP contribution in [0.3, 0.4) is 0 Å². The minimum absolute atomic E-state index is 0.0150. The van der Waals surface area contributed by atoms with E-state index in [1.807, 2.05) is 30.5 Å². The average molecular weight is 348 g/mol. The van der Waals surface area contributed by atoms with E-state index in [4.69, 9.17) is 4.74 Å². The Morgan fingerprint density at radius 2 is 1.88 bits per heavy atom. The summed E-state index contributed by atoms with van der Waals surface area (Å²) < 4.78 is 5.32. The first-order valence-corrected chi connectivity index (χ1v) is 9.14. The van der Waals surface area contributed by atoms with E-state index in [2.05, 4.69) is 34.6 Å². The number of hydrogen-bond acceptors (Lipinski definition) is 2. The Morgan fingerprint density at radius 3 is 2.58 bits per heavy atom. The molecule has 1 fully saturated rings. The first-order chi connectivity index (χ1) is 12.7. The third-order valence-electron chi connectivity index (χ3n) is 5.52. The molecule has 1 heterocycles. The summed E-state index contributed by atoms with van der Waals surface area (Å²) in [5.74, 6) is -0.0150. The number of hydrogen-bond donors (Lipinski definition) is 2. The van der Waals surface area contributed by atoms with E-state index in [0.717, 1.165) is 29.5 Å². The highest BCUT2D eigenvalue weighted by Gasteiger charge is 2.37. The summed E-state index contributed by atoms with van der Waals surface area (Å²) in [4.78, 5) is 15.7. The fourth-order valence-electron chi connectivity index (χ4n) is 3.77. The van der Waals surface area contributed by atoms with Crippen molar-refractivity contribution in [2.24, 2.45) is 5.41 Å². The van der Waals surface area contributed by atoms with Crippen molar-refractivity contribution in [1.82, 2.24) is 10.3 Å². The fraction of sp³-hybridized carbons (Fsp3) is 0.318. The Balaban J connectivity index is 1.44. The maximum atomic E-state index is 12.5. The minimum atomic E-state index is -0.0150. The molecule has 4 rings (SSSR count). The van der Waals surface area contributed by atoms with Gasteiger partial charge >= 0.3 is 0 Å². The number of nitrogens with one attached hydrogen (secondary N) is 2. The molecule has 1 aliphatic carbocycles. The van der Waals surface area contributed by atoms with Gasteiger partial charge in [0.05, 0.1) is 6.61 Å². The number of ether oxygens (including phenoxy) is 1. The molecule has 26 heavy (non-hydrogen) atoms. The van der Waals surface area contributed by atoms with Gasteiger partial charge in [0.2, 0.25) is 0 Å². The van der Waals surface area contributed by atoms with Gasteiger partial charge in [0.15, 0.2) is 0 Å². The van der Waals surface area contributed by atoms with Gasteiger partial charge in [-0.05, 0) is 53.6 Å². The van der Waals surface area contributed by atoms with Gasteiger partial charge in [-0.2, -0.15) is 0 Å². The highest BCUT2D eigenvalue weighted by atomic mass is 16.5. The molecule has 0 spiro atoms. The van der Waals surface area contributed by atoms with Gasteiger partial charge in [0.1, 0.15) is 0 Å². The monoisotopic (exact) mass is 348 g/mol. The molecule has 4 heteroatoms. The third-order valence-corrected chi connectivity index (χ3v) is 5.52. The number of amides is 1. The number of methoxy groups -OCH3 is 1. The SMILES string of the molecule is COCC1(CNC(=O)c2ccc(-c3ccc4cc[nH]c4c3)cc2)CCC1. The Labute approximate surface area is 153 Å². The van der Waals surface area contributed by atoms with E-state index < -0.39 is 0 Å². The van der Waals surface area contributed by atoms with Crippen LogP contribution in [0.1, 0.15) is 29.6 Å². The van der Waals surface area contributed by atoms with E-state index in [1.54, 1.807) is 7.11 Å². The molecule has 1 saturated carbocycles. The number of fused-ring (bicyclic) bond motifs is 1. The lowest BCUT2D eigenvalue weighted by molar-refractivity contribution is 0.0180. The van der Waals surface area contributed by atoms with Gasteiger partial charge in [-0.15, -0.1) is 0 Å². The van der Waals surface area contributed by atoms with Crippen LogP contribution in [0, 0.1) is 5.41 Å². The summed E-state index contributed by atoms with van der Waals surface area (Å²) in [6, 6.07) is 16.2. The quantitative estimate of drug-likeness (QED) is 0.694. The molecule has 2 N–H and O–H groups in total. The summed E-state index contributed by atoms with van der Waals surface area (Å²) in [5.41, 5.74) is 4.19. The largest absolute Gasteiger partial charge is 0.384 e. The fourth-order valence-corrected chi connectivity index (χ4v) is 3.77. The lowest BCUT2D eigenvalue weighted by atomic mass is 9.69. The van der Waals surface area contributed by atoms with E-state index >= 15 is 0 Å². The standard InChI is InChI=1S/C22H24N2O2/c1-26-15-22(10-2-11-22)14-24-21(25)18-6-3-16(4-7-18)19-8-5-17-9-12-23-20(17)13-19/h3-9,12-13,23H,2,10-11,14-15H2,1H3,(H,24,25). The van der Waals surface area contributed by atoms with Crippen molar-refractivity contribution in [1.29, 1.82) is 0 Å². The number of rotatable bonds is 6. The molecule has 0 unspecified atom stereocenters. The Morgan fingerprint density at radius 1 is 1.12 bits per heavy atom. The lowest BCUT2D eigenvalue weighted by Gasteiger charge is -2.41. The molecule has 2 aromatic carbocycles. The predicted molar refractivity (Wildman–Crippen MR) is 104 cm³/mol. The highest BCUT2D eigenvalue weighted by molar-refractivity contribution is 5.95. The van der Waals surface area contributed by atoms with Gasteiger partial charge in [-0.25, -0.2) is 0 Å². The van der Waals surface area contributed by atoms with Crippen LogP contribution in [0.15, 0.2) is 54.7 Å². The van der Waals surface area contributed by atoms with E-state index in [0.29, 0.717) is 18.7 Å². The maximum absolute atomic E-state index is 12.5. The van der Waals surface area contributed by atoms with Crippen molar-refractivity contribution >= 4 is 16.8 Å². The van der Waals surface area contributed by atoms with Gasteiger partial charge in [0.25, 0.3) is 5.91 Å². The lowest BCUT2D eigenvalue weighted by Crippen LogP contribution is -2.45. The minimum Gasteiger partial charge on any atom is -0.384 e. The smallest absolute Gasteiger partial charge is 0.251 e. The molecule has 0 saturated heterocycles. The molecule has 1 aliphatic rings. The second-order valence-corrected chi connectivity index (χ2v) is 7.33. The van der Waals surface area contributed by atoms with Crippen LogP contribution in [0.2, 0.25) is 0 Å². The summed E-state index contributed by atoms with van der Waals surface area (Å²) in [6.07, 6.45) is 5.42. The molecule has 0 aliphatic heterocycles. The topological polar surface area (TPSA) is 54.1 Å². The van der Waals surface area contributed by atoms with E-state index in [1.165, 1.54) is 11.8 Å². The third kappa shape index (κ3) is 3.25. The first kappa shape index (κ1) is 16.9. The van der Waals surface area contributed by atoms with Gasteiger partial charge in [-0.3, -0.25) is 4.79 Å². The van der Waals surface area contributed by atoms with Crippen LogP contribution in [-0.2, 0) is 4.74 Å². The normalized spacial score (nSPS) is 15.6. The van der Waals surface area contributed by atoms with Gasteiger partial charge in [-0.1, -0.05) is 30.7 Å². The van der Waals surface area contributed by atoms with Crippen LogP contribution < -0.4 is 5.32 Å². The maximum Gasteiger partial charge on any atom is 0.251 e. The highest BCUT2D eigenvalue weighted by Crippen LogP contribution is 2.40. The van der Waals surface area contributed by atoms with Crippen LogP contribution in [0.25, 0.3) is 22.0 Å². The molecule has 4 nitrogen and oxygen atoms in total. The second-order valence-electron chi connectivity index (χ2n) is 7.33. The zero-order chi connectivity index (χ0) is 18.0. The molecule has 1 amide bonds. The van der Waals surface area contributed by atoms with Crippen LogP contribution >= 0.6 is 0 Å². The summed E-state index contributed by atoms with van der Waals surface area (Å²) in [5, 5.41) is 4.28. The average Bonchev–Trinajstić information content (AvgIpc) is 3.11. The second kappa shape index (κ2) is 6.96. The summed E-state index contributed by atoms with van der Waals surface area (Å²) in [7, 11) is 1.73. The summed E-state index contributed by atoms with van der Waals surface area (Å²) >= 11 is 0. The summed E-state index contributed by atoms with van der Waals surface area (Å²) in [6.45, 7) is 1.40. The van der Waals surface area contributed by atoms with Crippen molar-refractivity contribution in [3.05, 3.63) is 60.3 Å². The Kier molecular flexibility index (Phi) is 4.51. The zero-order valence-electron chi connectivity index (χ0n) is 15.0. The zero-order valence-corrected chi connectivity index (χ0v) is 15.0. The predicted octanol–water partition coefficient (Wildman–Crippen LogP) is 4.38. The molecule has 3 aromatic rings. The Hall–Kier alpha value is -2.59. The molecule has 0 bridgehead atoms. The van der Waals surface area contributed by atoms with Gasteiger partial charge < -0.3 is 15.0 Å². The van der Waals surface area contributed by atoms with Crippen molar-refractivity contribution in [2.75, 3.05) is 20.3 Å². The first-order valence-electron chi connectivity index (χ1n) is 9.14. The number of H-pyrrole nitrogens is 1. The molecule has 0 atom stereocenters. The van der Waals surface area contributed by atoms with E-state index in [9.17, 15) is 4.79 Å². The van der Waals surface area contributed by atoms with E-state index in [-0.39, 0.29) is 11.3 Å². The number of aromatic amines is 1. The number of carbonyl (C=O) groups excluding carboxylic acids is 1. The van der Waals surface area contributed by atoms with Crippen LogP contribution in [0.4, 0.5) is 0 Å². The number of carbonyl (C=O) groups is 1. The molecular weight excluding hydrogens is 324 g/mol. The van der Waals surface area contributed by atoms with Crippen molar-refractivity contribution < 1.29 is 9.53 Å². The molecule has 0 radical (unpaired) electrons. The van der Waals surface area contributed by atoms with Crippen molar-refractivity contribution in [3.63, 3.8) is 0 Å². The van der Waals surface area contributed by atoms with Gasteiger partial charge in [0, 0.05) is 36.3 Å². The molecule has 134 valence electrons. The number of aromatic nitrogens is 1. The van der Waals surface area contributed by atoms with Crippen molar-refractivity contribution in [3.8, 4) is 11.1 Å². The number of benzene rings is 2.